The van der Waals surface area contributed by atoms with E-state index in [1.54, 1.807) is 14.2 Å². The van der Waals surface area contributed by atoms with Crippen molar-refractivity contribution in [1.29, 1.82) is 0 Å². The monoisotopic (exact) mass is 376 g/mol. The Morgan fingerprint density at radius 1 is 1.04 bits per heavy atom. The molecule has 6 heteroatoms. The molecule has 0 saturated carbocycles. The summed E-state index contributed by atoms with van der Waals surface area (Å²) >= 11 is 0. The van der Waals surface area contributed by atoms with Crippen LogP contribution in [0.15, 0.2) is 42.5 Å². The van der Waals surface area contributed by atoms with Crippen molar-refractivity contribution < 1.29 is 22.4 Å². The van der Waals surface area contributed by atoms with Crippen LogP contribution >= 0.6 is 0 Å². The van der Waals surface area contributed by atoms with Crippen LogP contribution in [-0.4, -0.2) is 32.9 Å². The first-order valence-corrected chi connectivity index (χ1v) is 10.3. The van der Waals surface area contributed by atoms with Gasteiger partial charge in [0.15, 0.2) is 0 Å². The van der Waals surface area contributed by atoms with E-state index in [0.717, 1.165) is 35.5 Å². The van der Waals surface area contributed by atoms with Crippen molar-refractivity contribution in [3.8, 4) is 11.5 Å². The first-order valence-electron chi connectivity index (χ1n) is 8.67. The number of ether oxygens (including phenoxy) is 2. The molecule has 140 valence electrons. The van der Waals surface area contributed by atoms with Crippen LogP contribution in [0.1, 0.15) is 41.4 Å². The van der Waals surface area contributed by atoms with Crippen molar-refractivity contribution in [3.63, 3.8) is 0 Å². The van der Waals surface area contributed by atoms with Gasteiger partial charge in [-0.3, -0.25) is 4.55 Å². The highest BCUT2D eigenvalue weighted by atomic mass is 32.2. The fourth-order valence-electron chi connectivity index (χ4n) is 3.90. The zero-order chi connectivity index (χ0) is 18.7. The molecule has 0 saturated heterocycles. The van der Waals surface area contributed by atoms with Gasteiger partial charge in [0.05, 0.1) is 20.0 Å². The van der Waals surface area contributed by atoms with Gasteiger partial charge in [0, 0.05) is 0 Å². The van der Waals surface area contributed by atoms with Crippen LogP contribution in [0.5, 0.6) is 11.5 Å². The van der Waals surface area contributed by atoms with Gasteiger partial charge in [-0.25, -0.2) is 0 Å². The highest BCUT2D eigenvalue weighted by Gasteiger charge is 2.31. The Labute approximate surface area is 154 Å². The number of aryl methyl sites for hydroxylation is 1. The molecule has 5 nitrogen and oxygen atoms in total. The SMILES string of the molecule is COc1ccc(C2CCc3cc(OC)ccc3C2CCS(=O)(=O)O)cc1. The molecule has 0 radical (unpaired) electrons. The number of methoxy groups -OCH3 is 2. The zero-order valence-electron chi connectivity index (χ0n) is 15.0. The van der Waals surface area contributed by atoms with E-state index in [1.165, 1.54) is 5.56 Å². The molecular formula is C20H24O5S. The molecule has 0 aliphatic heterocycles. The van der Waals surface area contributed by atoms with E-state index < -0.39 is 10.1 Å². The molecule has 0 amide bonds. The van der Waals surface area contributed by atoms with Crippen LogP contribution in [0.25, 0.3) is 0 Å². The van der Waals surface area contributed by atoms with Gasteiger partial charge in [0.2, 0.25) is 0 Å². The quantitative estimate of drug-likeness (QED) is 0.777. The summed E-state index contributed by atoms with van der Waals surface area (Å²) < 4.78 is 42.5. The van der Waals surface area contributed by atoms with E-state index in [1.807, 2.05) is 42.5 Å². The molecule has 0 bridgehead atoms. The third-order valence-corrected chi connectivity index (χ3v) is 5.94. The molecule has 1 N–H and O–H groups in total. The maximum atomic E-state index is 11.3. The predicted molar refractivity (Wildman–Crippen MR) is 101 cm³/mol. The molecule has 26 heavy (non-hydrogen) atoms. The summed E-state index contributed by atoms with van der Waals surface area (Å²) in [5, 5.41) is 0. The van der Waals surface area contributed by atoms with Crippen LogP contribution in [-0.2, 0) is 16.5 Å². The van der Waals surface area contributed by atoms with Crippen molar-refractivity contribution in [2.24, 2.45) is 0 Å². The Kier molecular flexibility index (Phi) is 5.53. The fraction of sp³-hybridized carbons (Fsp3) is 0.400. The predicted octanol–water partition coefficient (Wildman–Crippen LogP) is 3.80. The van der Waals surface area contributed by atoms with Gasteiger partial charge in [-0.1, -0.05) is 18.2 Å². The average molecular weight is 376 g/mol. The molecule has 2 aromatic carbocycles. The summed E-state index contributed by atoms with van der Waals surface area (Å²) in [7, 11) is -0.727. The van der Waals surface area contributed by atoms with Crippen molar-refractivity contribution in [3.05, 3.63) is 59.2 Å². The third kappa shape index (κ3) is 4.19. The third-order valence-electron chi connectivity index (χ3n) is 5.19. The second-order valence-electron chi connectivity index (χ2n) is 6.66. The minimum atomic E-state index is -4.00. The maximum Gasteiger partial charge on any atom is 0.264 e. The summed E-state index contributed by atoms with van der Waals surface area (Å²) in [5.74, 6) is 1.59. The van der Waals surface area contributed by atoms with Gasteiger partial charge >= 0.3 is 0 Å². The molecule has 0 fully saturated rings. The van der Waals surface area contributed by atoms with Crippen LogP contribution < -0.4 is 9.47 Å². The van der Waals surface area contributed by atoms with E-state index in [9.17, 15) is 13.0 Å². The minimum Gasteiger partial charge on any atom is -0.497 e. The Morgan fingerprint density at radius 2 is 1.69 bits per heavy atom. The van der Waals surface area contributed by atoms with E-state index in [2.05, 4.69) is 0 Å². The second kappa shape index (κ2) is 7.68. The lowest BCUT2D eigenvalue weighted by atomic mass is 9.71. The lowest BCUT2D eigenvalue weighted by molar-refractivity contribution is 0.408. The first-order chi connectivity index (χ1) is 12.4. The first kappa shape index (κ1) is 18.7. The molecule has 1 aliphatic rings. The fourth-order valence-corrected chi connectivity index (χ4v) is 4.45. The largest absolute Gasteiger partial charge is 0.497 e. The number of benzene rings is 2. The maximum absolute atomic E-state index is 11.3. The molecule has 2 aromatic rings. The average Bonchev–Trinajstić information content (AvgIpc) is 2.64. The highest BCUT2D eigenvalue weighted by molar-refractivity contribution is 7.85. The van der Waals surface area contributed by atoms with Crippen LogP contribution in [0.4, 0.5) is 0 Å². The van der Waals surface area contributed by atoms with Gasteiger partial charge in [-0.15, -0.1) is 0 Å². The van der Waals surface area contributed by atoms with Crippen LogP contribution in [0.3, 0.4) is 0 Å². The van der Waals surface area contributed by atoms with E-state index in [4.69, 9.17) is 9.47 Å². The van der Waals surface area contributed by atoms with Crippen molar-refractivity contribution >= 4 is 10.1 Å². The van der Waals surface area contributed by atoms with Gasteiger partial charge in [-0.05, 0) is 72.1 Å². The summed E-state index contributed by atoms with van der Waals surface area (Å²) in [4.78, 5) is 0. The Balaban J connectivity index is 1.96. The van der Waals surface area contributed by atoms with Crippen molar-refractivity contribution in [2.45, 2.75) is 31.1 Å². The van der Waals surface area contributed by atoms with Gasteiger partial charge in [0.1, 0.15) is 11.5 Å². The van der Waals surface area contributed by atoms with E-state index in [-0.39, 0.29) is 17.6 Å². The minimum absolute atomic E-state index is 0.0278. The van der Waals surface area contributed by atoms with Crippen LogP contribution in [0, 0.1) is 0 Å². The normalized spacial score (nSPS) is 19.7. The number of hydrogen-bond donors (Lipinski definition) is 1. The molecule has 2 unspecified atom stereocenters. The second-order valence-corrected chi connectivity index (χ2v) is 8.24. The summed E-state index contributed by atoms with van der Waals surface area (Å²) in [6.07, 6.45) is 2.21. The van der Waals surface area contributed by atoms with E-state index in [0.29, 0.717) is 6.42 Å². The van der Waals surface area contributed by atoms with Crippen LogP contribution in [0.2, 0.25) is 0 Å². The molecule has 3 rings (SSSR count). The molecule has 0 spiro atoms. The van der Waals surface area contributed by atoms with Crippen molar-refractivity contribution in [2.75, 3.05) is 20.0 Å². The van der Waals surface area contributed by atoms with Gasteiger partial charge in [0.25, 0.3) is 10.1 Å². The molecule has 2 atom stereocenters. The molecule has 0 aromatic heterocycles. The molecule has 0 heterocycles. The summed E-state index contributed by atoms with van der Waals surface area (Å²) in [6.45, 7) is 0. The number of rotatable bonds is 6. The highest BCUT2D eigenvalue weighted by Crippen LogP contribution is 2.45. The summed E-state index contributed by atoms with van der Waals surface area (Å²) in [6, 6.07) is 13.9. The standard InChI is InChI=1S/C20H24O5S/c1-24-16-6-3-14(4-7-16)18-9-5-15-13-17(25-2)8-10-19(15)20(18)11-12-26(21,22)23/h3-4,6-8,10,13,18,20H,5,9,11-12H2,1-2H3,(H,21,22,23). The smallest absolute Gasteiger partial charge is 0.264 e. The molecular weight excluding hydrogens is 352 g/mol. The molecule has 1 aliphatic carbocycles. The lowest BCUT2D eigenvalue weighted by Crippen LogP contribution is -2.22. The Bertz CT molecular complexity index is 858. The van der Waals surface area contributed by atoms with Gasteiger partial charge < -0.3 is 9.47 Å². The number of fused-ring (bicyclic) bond motifs is 1. The van der Waals surface area contributed by atoms with Gasteiger partial charge in [-0.2, -0.15) is 8.42 Å². The Morgan fingerprint density at radius 3 is 2.31 bits per heavy atom. The van der Waals surface area contributed by atoms with Crippen molar-refractivity contribution in [1.82, 2.24) is 0 Å². The topological polar surface area (TPSA) is 72.8 Å². The van der Waals surface area contributed by atoms with E-state index >= 15 is 0 Å². The Hall–Kier alpha value is -2.05. The zero-order valence-corrected chi connectivity index (χ0v) is 15.8. The summed E-state index contributed by atoms with van der Waals surface area (Å²) in [5.41, 5.74) is 3.49. The number of hydrogen-bond acceptors (Lipinski definition) is 4. The lowest BCUT2D eigenvalue weighted by Gasteiger charge is -2.34.